The molecule has 0 spiro atoms. The minimum Gasteiger partial charge on any atom is -0.388 e. The Morgan fingerprint density at radius 1 is 1.41 bits per heavy atom. The minimum atomic E-state index is 0.157. The normalized spacial score (nSPS) is 22.6. The van der Waals surface area contributed by atoms with E-state index < -0.39 is 0 Å². The molecule has 2 unspecified atom stereocenters. The summed E-state index contributed by atoms with van der Waals surface area (Å²) in [7, 11) is 4.17. The summed E-state index contributed by atoms with van der Waals surface area (Å²) >= 11 is 3.77. The molecule has 1 aromatic heterocycles. The van der Waals surface area contributed by atoms with Gasteiger partial charge >= 0.3 is 0 Å². The standard InChI is InChI=1S/C17H27N3S2/c1-12-19-11-16(21-12)14-9-7-13(18-5)8-10-15(14)22-20(6)17(2,3)4/h7-9,11,14-15,18H,10H2,1-6H3. The van der Waals surface area contributed by atoms with E-state index in [2.05, 4.69) is 67.6 Å². The molecule has 2 atom stereocenters. The molecule has 0 radical (unpaired) electrons. The first-order valence-corrected chi connectivity index (χ1v) is 9.35. The predicted octanol–water partition coefficient (Wildman–Crippen LogP) is 4.35. The largest absolute Gasteiger partial charge is 0.388 e. The lowest BCUT2D eigenvalue weighted by Crippen LogP contribution is -2.35. The molecule has 1 aliphatic rings. The Morgan fingerprint density at radius 3 is 2.68 bits per heavy atom. The van der Waals surface area contributed by atoms with E-state index in [4.69, 9.17) is 0 Å². The summed E-state index contributed by atoms with van der Waals surface area (Å²) in [6.45, 7) is 8.85. The Labute approximate surface area is 143 Å². The molecule has 5 heteroatoms. The summed E-state index contributed by atoms with van der Waals surface area (Å²) in [5, 5.41) is 4.90. The molecule has 1 heterocycles. The summed E-state index contributed by atoms with van der Waals surface area (Å²) in [5.41, 5.74) is 1.36. The van der Waals surface area contributed by atoms with Crippen LogP contribution in [0.3, 0.4) is 0 Å². The highest BCUT2D eigenvalue weighted by molar-refractivity contribution is 7.97. The van der Waals surface area contributed by atoms with Crippen LogP contribution in [-0.2, 0) is 0 Å². The Kier molecular flexibility index (Phi) is 5.75. The van der Waals surface area contributed by atoms with Crippen LogP contribution in [0.5, 0.6) is 0 Å². The van der Waals surface area contributed by atoms with Gasteiger partial charge in [0.25, 0.3) is 0 Å². The van der Waals surface area contributed by atoms with Crippen molar-refractivity contribution in [2.75, 3.05) is 14.1 Å². The predicted molar refractivity (Wildman–Crippen MR) is 99.4 cm³/mol. The van der Waals surface area contributed by atoms with Crippen LogP contribution in [0.1, 0.15) is 43.0 Å². The van der Waals surface area contributed by atoms with Crippen LogP contribution >= 0.6 is 23.3 Å². The van der Waals surface area contributed by atoms with Gasteiger partial charge in [0.1, 0.15) is 0 Å². The zero-order valence-electron chi connectivity index (χ0n) is 14.4. The van der Waals surface area contributed by atoms with Gasteiger partial charge in [0.15, 0.2) is 0 Å². The molecule has 0 bridgehead atoms. The van der Waals surface area contributed by atoms with Crippen molar-refractivity contribution >= 4 is 23.3 Å². The first-order valence-electron chi connectivity index (χ1n) is 7.70. The van der Waals surface area contributed by atoms with Crippen molar-refractivity contribution in [1.29, 1.82) is 0 Å². The van der Waals surface area contributed by atoms with Gasteiger partial charge in [-0.1, -0.05) is 24.1 Å². The van der Waals surface area contributed by atoms with Crippen molar-refractivity contribution in [3.8, 4) is 0 Å². The van der Waals surface area contributed by atoms with E-state index in [0.29, 0.717) is 11.2 Å². The molecule has 3 nitrogen and oxygen atoms in total. The fraction of sp³-hybridized carbons (Fsp3) is 0.588. The van der Waals surface area contributed by atoms with Crippen LogP contribution in [0.25, 0.3) is 0 Å². The molecular weight excluding hydrogens is 310 g/mol. The number of thiazole rings is 1. The molecule has 1 N–H and O–H groups in total. The summed E-state index contributed by atoms with van der Waals surface area (Å²) in [6.07, 6.45) is 9.94. The highest BCUT2D eigenvalue weighted by atomic mass is 32.2. The Balaban J connectivity index is 2.25. The lowest BCUT2D eigenvalue weighted by Gasteiger charge is -2.35. The fourth-order valence-corrected chi connectivity index (χ4v) is 4.54. The van der Waals surface area contributed by atoms with Gasteiger partial charge in [-0.05, 0) is 47.2 Å². The fourth-order valence-electron chi connectivity index (χ4n) is 2.25. The highest BCUT2D eigenvalue weighted by Gasteiger charge is 2.29. The number of aromatic nitrogens is 1. The second-order valence-electron chi connectivity index (χ2n) is 6.62. The van der Waals surface area contributed by atoms with E-state index in [1.54, 1.807) is 0 Å². The Hall–Kier alpha value is -0.780. The summed E-state index contributed by atoms with van der Waals surface area (Å²) in [5.74, 6) is 0.406. The summed E-state index contributed by atoms with van der Waals surface area (Å²) < 4.78 is 2.38. The monoisotopic (exact) mass is 337 g/mol. The van der Waals surface area contributed by atoms with Gasteiger partial charge in [-0.15, -0.1) is 11.3 Å². The minimum absolute atomic E-state index is 0.157. The second kappa shape index (κ2) is 7.20. The molecule has 2 rings (SSSR count). The van der Waals surface area contributed by atoms with Gasteiger partial charge in [-0.3, -0.25) is 0 Å². The number of rotatable bonds is 4. The molecule has 1 aromatic rings. The van der Waals surface area contributed by atoms with E-state index in [1.165, 1.54) is 10.6 Å². The third kappa shape index (κ3) is 4.37. The van der Waals surface area contributed by atoms with Crippen LogP contribution < -0.4 is 5.32 Å². The van der Waals surface area contributed by atoms with Gasteiger partial charge in [-0.25, -0.2) is 9.29 Å². The van der Waals surface area contributed by atoms with Crippen molar-refractivity contribution in [2.24, 2.45) is 0 Å². The van der Waals surface area contributed by atoms with Gasteiger partial charge in [-0.2, -0.15) is 0 Å². The second-order valence-corrected chi connectivity index (χ2v) is 9.25. The Bertz CT molecular complexity index is 554. The molecule has 0 saturated heterocycles. The molecular formula is C17H27N3S2. The molecule has 122 valence electrons. The third-order valence-corrected chi connectivity index (χ3v) is 6.58. The molecule has 1 aliphatic carbocycles. The summed E-state index contributed by atoms with van der Waals surface area (Å²) in [6, 6.07) is 0. The highest BCUT2D eigenvalue weighted by Crippen LogP contribution is 2.39. The van der Waals surface area contributed by atoms with Crippen molar-refractivity contribution in [1.82, 2.24) is 14.6 Å². The zero-order chi connectivity index (χ0) is 16.3. The maximum Gasteiger partial charge on any atom is 0.0896 e. The number of hydrogen-bond acceptors (Lipinski definition) is 5. The number of nitrogens with zero attached hydrogens (tertiary/aromatic N) is 2. The van der Waals surface area contributed by atoms with E-state index >= 15 is 0 Å². The quantitative estimate of drug-likeness (QED) is 0.827. The maximum atomic E-state index is 4.45. The van der Waals surface area contributed by atoms with E-state index in [1.807, 2.05) is 36.5 Å². The lowest BCUT2D eigenvalue weighted by molar-refractivity contribution is 0.317. The van der Waals surface area contributed by atoms with Crippen molar-refractivity contribution in [3.05, 3.63) is 40.0 Å². The van der Waals surface area contributed by atoms with Crippen LogP contribution in [0.2, 0.25) is 0 Å². The van der Waals surface area contributed by atoms with Gasteiger partial charge in [0.05, 0.1) is 5.01 Å². The lowest BCUT2D eigenvalue weighted by atomic mass is 10.0. The Morgan fingerprint density at radius 2 is 2.14 bits per heavy atom. The topological polar surface area (TPSA) is 28.2 Å². The molecule has 22 heavy (non-hydrogen) atoms. The van der Waals surface area contributed by atoms with E-state index in [0.717, 1.165) is 11.4 Å². The van der Waals surface area contributed by atoms with Crippen molar-refractivity contribution in [2.45, 2.75) is 50.8 Å². The molecule has 0 aromatic carbocycles. The van der Waals surface area contributed by atoms with E-state index in [9.17, 15) is 0 Å². The van der Waals surface area contributed by atoms with Gasteiger partial charge in [0, 0.05) is 40.5 Å². The zero-order valence-corrected chi connectivity index (χ0v) is 16.0. The summed E-state index contributed by atoms with van der Waals surface area (Å²) in [4.78, 5) is 5.81. The first-order chi connectivity index (χ1) is 10.3. The number of likely N-dealkylation sites (N-methyl/N-ethyl adjacent to an activating group) is 1. The number of allylic oxidation sites excluding steroid dienone is 3. The third-order valence-electron chi connectivity index (χ3n) is 3.95. The van der Waals surface area contributed by atoms with Crippen molar-refractivity contribution in [3.63, 3.8) is 0 Å². The molecule has 0 fully saturated rings. The maximum absolute atomic E-state index is 4.45. The van der Waals surface area contributed by atoms with Crippen LogP contribution in [0.15, 0.2) is 30.1 Å². The van der Waals surface area contributed by atoms with Crippen LogP contribution in [-0.4, -0.2) is 34.2 Å². The molecule has 0 aliphatic heterocycles. The van der Waals surface area contributed by atoms with Crippen LogP contribution in [0.4, 0.5) is 0 Å². The number of hydrogen-bond donors (Lipinski definition) is 1. The smallest absolute Gasteiger partial charge is 0.0896 e. The van der Waals surface area contributed by atoms with Gasteiger partial charge < -0.3 is 5.32 Å². The van der Waals surface area contributed by atoms with Gasteiger partial charge in [0.2, 0.25) is 0 Å². The number of aryl methyl sites for hydroxylation is 1. The number of nitrogens with one attached hydrogen (secondary N) is 1. The average Bonchev–Trinajstić information content (AvgIpc) is 2.76. The van der Waals surface area contributed by atoms with E-state index in [-0.39, 0.29) is 5.54 Å². The van der Waals surface area contributed by atoms with Crippen LogP contribution in [0, 0.1) is 6.92 Å². The molecule has 0 amide bonds. The first kappa shape index (κ1) is 17.6. The average molecular weight is 338 g/mol. The van der Waals surface area contributed by atoms with Crippen molar-refractivity contribution < 1.29 is 0 Å². The molecule has 0 saturated carbocycles. The SMILES string of the molecule is CNC1=CCC(SN(C)C(C)(C)C)C(c2cnc(C)s2)C=C1.